The Kier molecular flexibility index (Phi) is 6.82. The zero-order chi connectivity index (χ0) is 25.3. The molecule has 0 unspecified atom stereocenters. The van der Waals surface area contributed by atoms with Crippen LogP contribution in [0, 0.1) is 12.3 Å². The summed E-state index contributed by atoms with van der Waals surface area (Å²) in [5, 5.41) is 0.648. The first-order valence-corrected chi connectivity index (χ1v) is 13.4. The van der Waals surface area contributed by atoms with Crippen LogP contribution in [0.2, 0.25) is 5.02 Å². The van der Waals surface area contributed by atoms with Crippen LogP contribution < -0.4 is 9.64 Å². The molecule has 4 nitrogen and oxygen atoms in total. The fourth-order valence-corrected chi connectivity index (χ4v) is 6.65. The maximum Gasteiger partial charge on any atom is 0.258 e. The number of benzene rings is 2. The van der Waals surface area contributed by atoms with Gasteiger partial charge in [-0.2, -0.15) is 0 Å². The lowest BCUT2D eigenvalue weighted by molar-refractivity contribution is 0.0441. The van der Waals surface area contributed by atoms with E-state index in [2.05, 4.69) is 37.0 Å². The summed E-state index contributed by atoms with van der Waals surface area (Å²) in [7, 11) is 1.73. The van der Waals surface area contributed by atoms with Gasteiger partial charge in [-0.25, -0.2) is 0 Å². The van der Waals surface area contributed by atoms with E-state index in [1.165, 1.54) is 11.1 Å². The van der Waals surface area contributed by atoms with Crippen LogP contribution in [0.3, 0.4) is 0 Å². The number of hydrogen-bond donors (Lipinski definition) is 0. The Morgan fingerprint density at radius 3 is 2.44 bits per heavy atom. The molecule has 188 valence electrons. The molecule has 0 atom stereocenters. The van der Waals surface area contributed by atoms with E-state index in [0.29, 0.717) is 5.02 Å². The van der Waals surface area contributed by atoms with Crippen LogP contribution in [0.25, 0.3) is 0 Å². The summed E-state index contributed by atoms with van der Waals surface area (Å²) in [5.74, 6) is 0.994. The molecule has 36 heavy (non-hydrogen) atoms. The predicted octanol–water partition coefficient (Wildman–Crippen LogP) is 7.55. The van der Waals surface area contributed by atoms with Gasteiger partial charge in [-0.15, -0.1) is 0 Å². The third-order valence-corrected chi connectivity index (χ3v) is 9.02. The van der Waals surface area contributed by atoms with Crippen LogP contribution in [-0.4, -0.2) is 24.5 Å². The number of anilines is 1. The number of aryl methyl sites for hydroxylation is 2. The molecule has 3 aliphatic carbocycles. The number of carbonyl (C=O) groups excluding carboxylic acids is 1. The number of pyridine rings is 1. The topological polar surface area (TPSA) is 42.4 Å². The first kappa shape index (κ1) is 24.8. The molecule has 6 rings (SSSR count). The molecule has 3 aliphatic rings. The standard InChI is InChI=1S/C31H35ClN2O2/c1-4-23-20-33-17-10-27(23)29(35)34(26-7-5-6-25(32)19-26)21-30-11-14-31(15-12-30,16-13-30)24-8-9-28(36-3)22(2)18-24/h5-10,17-20H,4,11-16,21H2,1-3H3. The zero-order valence-corrected chi connectivity index (χ0v) is 22.3. The highest BCUT2D eigenvalue weighted by Crippen LogP contribution is 2.58. The maximum atomic E-state index is 14.0. The van der Waals surface area contributed by atoms with E-state index >= 15 is 0 Å². The van der Waals surface area contributed by atoms with Gasteiger partial charge in [0.05, 0.1) is 7.11 Å². The van der Waals surface area contributed by atoms with Crippen molar-refractivity contribution in [2.24, 2.45) is 5.41 Å². The van der Waals surface area contributed by atoms with Crippen LogP contribution in [0.5, 0.6) is 5.75 Å². The van der Waals surface area contributed by atoms with Crippen LogP contribution >= 0.6 is 11.6 Å². The maximum absolute atomic E-state index is 14.0. The minimum Gasteiger partial charge on any atom is -0.496 e. The predicted molar refractivity (Wildman–Crippen MR) is 146 cm³/mol. The number of fused-ring (bicyclic) bond motifs is 3. The number of hydrogen-bond acceptors (Lipinski definition) is 3. The van der Waals surface area contributed by atoms with E-state index in [1.54, 1.807) is 13.3 Å². The number of methoxy groups -OCH3 is 1. The Bertz CT molecular complexity index is 1250. The van der Waals surface area contributed by atoms with E-state index in [-0.39, 0.29) is 16.7 Å². The van der Waals surface area contributed by atoms with Crippen molar-refractivity contribution in [3.8, 4) is 5.75 Å². The van der Waals surface area contributed by atoms with Crippen LogP contribution in [-0.2, 0) is 11.8 Å². The lowest BCUT2D eigenvalue weighted by Crippen LogP contribution is -2.50. The van der Waals surface area contributed by atoms with Gasteiger partial charge in [0.1, 0.15) is 5.75 Å². The average molecular weight is 503 g/mol. The SMILES string of the molecule is CCc1cnccc1C(=O)N(CC12CCC(c3ccc(OC)c(C)c3)(CC1)CC2)c1cccc(Cl)c1. The Balaban J connectivity index is 1.43. The largest absolute Gasteiger partial charge is 0.496 e. The molecule has 1 aromatic heterocycles. The molecule has 1 amide bonds. The van der Waals surface area contributed by atoms with Gasteiger partial charge in [0.25, 0.3) is 5.91 Å². The van der Waals surface area contributed by atoms with Gasteiger partial charge in [-0.1, -0.05) is 36.7 Å². The van der Waals surface area contributed by atoms with Gasteiger partial charge in [0, 0.05) is 35.2 Å². The second-order valence-electron chi connectivity index (χ2n) is 10.7. The van der Waals surface area contributed by atoms with Gasteiger partial charge >= 0.3 is 0 Å². The average Bonchev–Trinajstić information content (AvgIpc) is 2.92. The Morgan fingerprint density at radius 2 is 1.81 bits per heavy atom. The number of carbonyl (C=O) groups is 1. The van der Waals surface area contributed by atoms with E-state index in [9.17, 15) is 4.79 Å². The summed E-state index contributed by atoms with van der Waals surface area (Å²) in [6.07, 6.45) is 11.1. The van der Waals surface area contributed by atoms with Crippen LogP contribution in [0.4, 0.5) is 5.69 Å². The number of ether oxygens (including phenoxy) is 1. The summed E-state index contributed by atoms with van der Waals surface area (Å²) >= 11 is 6.38. The molecule has 2 bridgehead atoms. The number of nitrogens with zero attached hydrogens (tertiary/aromatic N) is 2. The number of amides is 1. The van der Waals surface area contributed by atoms with Crippen molar-refractivity contribution in [3.05, 3.63) is 88.2 Å². The molecule has 3 fully saturated rings. The summed E-state index contributed by atoms with van der Waals surface area (Å²) in [6, 6.07) is 16.3. The lowest BCUT2D eigenvalue weighted by atomic mass is 9.51. The van der Waals surface area contributed by atoms with Gasteiger partial charge in [0.15, 0.2) is 0 Å². The third-order valence-electron chi connectivity index (χ3n) is 8.78. The molecular formula is C31H35ClN2O2. The van der Waals surface area contributed by atoms with Crippen molar-refractivity contribution in [2.75, 3.05) is 18.6 Å². The molecule has 1 heterocycles. The summed E-state index contributed by atoms with van der Waals surface area (Å²) in [5.41, 5.74) is 5.60. The first-order chi connectivity index (χ1) is 17.4. The normalized spacial score (nSPS) is 22.9. The third kappa shape index (κ3) is 4.52. The van der Waals surface area contributed by atoms with Crippen LogP contribution in [0.15, 0.2) is 60.9 Å². The molecule has 0 saturated heterocycles. The molecule has 3 saturated carbocycles. The minimum absolute atomic E-state index is 0.0408. The highest BCUT2D eigenvalue weighted by Gasteiger charge is 2.50. The quantitative estimate of drug-likeness (QED) is 0.335. The molecule has 0 N–H and O–H groups in total. The highest BCUT2D eigenvalue weighted by molar-refractivity contribution is 6.31. The summed E-state index contributed by atoms with van der Waals surface area (Å²) < 4.78 is 5.50. The van der Waals surface area contributed by atoms with Gasteiger partial charge < -0.3 is 9.64 Å². The van der Waals surface area contributed by atoms with Crippen molar-refractivity contribution >= 4 is 23.2 Å². The van der Waals surface area contributed by atoms with Crippen molar-refractivity contribution in [2.45, 2.75) is 64.2 Å². The van der Waals surface area contributed by atoms with Crippen molar-refractivity contribution in [1.82, 2.24) is 4.98 Å². The zero-order valence-electron chi connectivity index (χ0n) is 21.5. The minimum atomic E-state index is 0.0408. The molecule has 5 heteroatoms. The Hall–Kier alpha value is -2.85. The molecular weight excluding hydrogens is 468 g/mol. The number of rotatable bonds is 7. The van der Waals surface area contributed by atoms with Crippen molar-refractivity contribution in [3.63, 3.8) is 0 Å². The molecule has 2 aromatic carbocycles. The number of aromatic nitrogens is 1. The molecule has 0 aliphatic heterocycles. The van der Waals surface area contributed by atoms with Gasteiger partial charge in [0.2, 0.25) is 0 Å². The fraction of sp³-hybridized carbons (Fsp3) is 0.419. The molecule has 0 spiro atoms. The van der Waals surface area contributed by atoms with E-state index < -0.39 is 0 Å². The second kappa shape index (κ2) is 9.89. The van der Waals surface area contributed by atoms with E-state index in [0.717, 1.165) is 74.1 Å². The van der Waals surface area contributed by atoms with Gasteiger partial charge in [-0.05, 0) is 110 Å². The Labute approximate surface area is 219 Å². The number of halogens is 1. The monoisotopic (exact) mass is 502 g/mol. The lowest BCUT2D eigenvalue weighted by Gasteiger charge is -2.55. The van der Waals surface area contributed by atoms with E-state index in [1.807, 2.05) is 41.4 Å². The Morgan fingerprint density at radius 1 is 1.06 bits per heavy atom. The summed E-state index contributed by atoms with van der Waals surface area (Å²) in [6.45, 7) is 4.92. The van der Waals surface area contributed by atoms with Crippen LogP contribution in [0.1, 0.15) is 72.5 Å². The van der Waals surface area contributed by atoms with Crippen molar-refractivity contribution in [1.29, 1.82) is 0 Å². The molecule has 0 radical (unpaired) electrons. The van der Waals surface area contributed by atoms with Crippen molar-refractivity contribution < 1.29 is 9.53 Å². The molecule has 3 aromatic rings. The van der Waals surface area contributed by atoms with Gasteiger partial charge in [-0.3, -0.25) is 9.78 Å². The first-order valence-electron chi connectivity index (χ1n) is 13.0. The fourth-order valence-electron chi connectivity index (χ4n) is 6.46. The smallest absolute Gasteiger partial charge is 0.258 e. The highest BCUT2D eigenvalue weighted by atomic mass is 35.5. The summed E-state index contributed by atoms with van der Waals surface area (Å²) in [4.78, 5) is 20.2. The van der Waals surface area contributed by atoms with E-state index in [4.69, 9.17) is 16.3 Å². The second-order valence-corrected chi connectivity index (χ2v) is 11.2.